The lowest BCUT2D eigenvalue weighted by atomic mass is 10.1. The second-order valence-electron chi connectivity index (χ2n) is 5.08. The molecule has 2 aromatic rings. The monoisotopic (exact) mass is 295 g/mol. The molecule has 0 saturated heterocycles. The molecule has 1 aliphatic rings. The fourth-order valence-corrected chi connectivity index (χ4v) is 2.71. The van der Waals surface area contributed by atoms with Crippen LogP contribution in [0.5, 0.6) is 0 Å². The number of alkyl halides is 3. The molecule has 2 heterocycles. The molecule has 6 heteroatoms. The number of rotatable bonds is 2. The van der Waals surface area contributed by atoms with E-state index < -0.39 is 11.7 Å². The van der Waals surface area contributed by atoms with E-state index in [-0.39, 0.29) is 0 Å². The van der Waals surface area contributed by atoms with Gasteiger partial charge in [-0.3, -0.25) is 0 Å². The predicted octanol–water partition coefficient (Wildman–Crippen LogP) is 3.10. The van der Waals surface area contributed by atoms with E-state index in [0.717, 1.165) is 61.0 Å². The van der Waals surface area contributed by atoms with E-state index in [1.807, 2.05) is 11.5 Å². The molecule has 112 valence electrons. The molecule has 1 aliphatic heterocycles. The van der Waals surface area contributed by atoms with Gasteiger partial charge in [0.25, 0.3) is 0 Å². The number of aryl methyl sites for hydroxylation is 1. The molecule has 3 nitrogen and oxygen atoms in total. The van der Waals surface area contributed by atoms with Crippen LogP contribution in [0.25, 0.3) is 5.69 Å². The molecule has 0 spiro atoms. The molecule has 3 rings (SSSR count). The summed E-state index contributed by atoms with van der Waals surface area (Å²) >= 11 is 0. The Bertz CT molecular complexity index is 641. The highest BCUT2D eigenvalue weighted by Crippen LogP contribution is 2.30. The third kappa shape index (κ3) is 2.55. The van der Waals surface area contributed by atoms with Gasteiger partial charge in [-0.15, -0.1) is 0 Å². The smallest absolute Gasteiger partial charge is 0.311 e. The number of halogens is 3. The highest BCUT2D eigenvalue weighted by Gasteiger charge is 2.30. The van der Waals surface area contributed by atoms with Gasteiger partial charge < -0.3 is 9.88 Å². The molecule has 21 heavy (non-hydrogen) atoms. The molecule has 0 fully saturated rings. The number of nitrogens with zero attached hydrogens (tertiary/aromatic N) is 2. The van der Waals surface area contributed by atoms with E-state index in [2.05, 4.69) is 10.3 Å². The van der Waals surface area contributed by atoms with Gasteiger partial charge >= 0.3 is 6.18 Å². The van der Waals surface area contributed by atoms with Crippen molar-refractivity contribution in [2.75, 3.05) is 6.54 Å². The third-order valence-corrected chi connectivity index (χ3v) is 3.73. The van der Waals surface area contributed by atoms with Crippen LogP contribution in [-0.4, -0.2) is 16.1 Å². The van der Waals surface area contributed by atoms with E-state index >= 15 is 0 Å². The van der Waals surface area contributed by atoms with Crippen LogP contribution in [0, 0.1) is 0 Å². The molecule has 1 aromatic heterocycles. The zero-order valence-electron chi connectivity index (χ0n) is 11.7. The normalized spacial score (nSPS) is 15.0. The van der Waals surface area contributed by atoms with E-state index in [1.165, 1.54) is 12.1 Å². The maximum Gasteiger partial charge on any atom is 0.416 e. The largest absolute Gasteiger partial charge is 0.416 e. The fraction of sp³-hybridized carbons (Fsp3) is 0.400. The Kier molecular flexibility index (Phi) is 3.49. The van der Waals surface area contributed by atoms with Crippen LogP contribution in [0.3, 0.4) is 0 Å². The summed E-state index contributed by atoms with van der Waals surface area (Å²) in [5.74, 6) is 0.892. The van der Waals surface area contributed by atoms with Crippen LogP contribution in [-0.2, 0) is 25.6 Å². The number of aromatic nitrogens is 2. The topological polar surface area (TPSA) is 29.9 Å². The van der Waals surface area contributed by atoms with E-state index in [0.29, 0.717) is 0 Å². The fourth-order valence-electron chi connectivity index (χ4n) is 2.71. The summed E-state index contributed by atoms with van der Waals surface area (Å²) < 4.78 is 40.0. The maximum atomic E-state index is 12.7. The molecular formula is C15H16F3N3. The van der Waals surface area contributed by atoms with Crippen molar-refractivity contribution < 1.29 is 13.2 Å². The van der Waals surface area contributed by atoms with Gasteiger partial charge in [-0.05, 0) is 24.3 Å². The Morgan fingerprint density at radius 3 is 2.57 bits per heavy atom. The van der Waals surface area contributed by atoms with Crippen molar-refractivity contribution in [2.24, 2.45) is 0 Å². The summed E-state index contributed by atoms with van der Waals surface area (Å²) in [6.07, 6.45) is -2.72. The lowest BCUT2D eigenvalue weighted by Gasteiger charge is -2.16. The number of fused-ring (bicyclic) bond motifs is 1. The predicted molar refractivity (Wildman–Crippen MR) is 73.4 cm³/mol. The van der Waals surface area contributed by atoms with Crippen molar-refractivity contribution >= 4 is 0 Å². The zero-order chi connectivity index (χ0) is 15.0. The Morgan fingerprint density at radius 2 is 1.95 bits per heavy atom. The molecule has 0 bridgehead atoms. The van der Waals surface area contributed by atoms with Crippen molar-refractivity contribution in [1.29, 1.82) is 0 Å². The number of benzene rings is 1. The molecule has 0 radical (unpaired) electrons. The van der Waals surface area contributed by atoms with Crippen molar-refractivity contribution in [2.45, 2.75) is 32.5 Å². The second kappa shape index (κ2) is 5.18. The van der Waals surface area contributed by atoms with Crippen LogP contribution in [0.2, 0.25) is 0 Å². The third-order valence-electron chi connectivity index (χ3n) is 3.73. The zero-order valence-corrected chi connectivity index (χ0v) is 11.7. The first-order valence-electron chi connectivity index (χ1n) is 6.98. The minimum atomic E-state index is -4.30. The average Bonchev–Trinajstić information content (AvgIpc) is 2.85. The second-order valence-corrected chi connectivity index (χ2v) is 5.08. The maximum absolute atomic E-state index is 12.7. The minimum Gasteiger partial charge on any atom is -0.311 e. The average molecular weight is 295 g/mol. The summed E-state index contributed by atoms with van der Waals surface area (Å²) in [6, 6.07) is 5.29. The lowest BCUT2D eigenvalue weighted by molar-refractivity contribution is -0.137. The highest BCUT2D eigenvalue weighted by molar-refractivity contribution is 5.41. The Balaban J connectivity index is 2.06. The van der Waals surface area contributed by atoms with Gasteiger partial charge in [0.1, 0.15) is 5.82 Å². The number of imidazole rings is 1. The van der Waals surface area contributed by atoms with Gasteiger partial charge in [-0.25, -0.2) is 4.98 Å². The van der Waals surface area contributed by atoms with Gasteiger partial charge in [0.2, 0.25) is 0 Å². The Labute approximate surface area is 120 Å². The van der Waals surface area contributed by atoms with Gasteiger partial charge in [0.15, 0.2) is 0 Å². The molecule has 0 atom stereocenters. The van der Waals surface area contributed by atoms with Gasteiger partial charge in [0, 0.05) is 37.3 Å². The van der Waals surface area contributed by atoms with Crippen molar-refractivity contribution in [3.05, 3.63) is 47.0 Å². The molecule has 0 aliphatic carbocycles. The summed E-state index contributed by atoms with van der Waals surface area (Å²) in [7, 11) is 0. The van der Waals surface area contributed by atoms with E-state index in [9.17, 15) is 13.2 Å². The SMILES string of the molecule is CCc1nc2c(n1-c1ccc(C(F)(F)F)cc1)CCNC2. The van der Waals surface area contributed by atoms with Crippen LogP contribution in [0.15, 0.2) is 24.3 Å². The minimum absolute atomic E-state index is 0.625. The standard InChI is InChI=1S/C15H16F3N3/c1-2-14-20-12-9-19-8-7-13(12)21(14)11-5-3-10(4-6-11)15(16,17)18/h3-6,19H,2,7-9H2,1H3. The van der Waals surface area contributed by atoms with Gasteiger partial charge in [-0.1, -0.05) is 6.92 Å². The van der Waals surface area contributed by atoms with Crippen LogP contribution >= 0.6 is 0 Å². The molecule has 0 amide bonds. The van der Waals surface area contributed by atoms with E-state index in [1.54, 1.807) is 0 Å². The van der Waals surface area contributed by atoms with Crippen LogP contribution in [0.1, 0.15) is 29.7 Å². The summed E-state index contributed by atoms with van der Waals surface area (Å²) in [6.45, 7) is 3.58. The Morgan fingerprint density at radius 1 is 1.24 bits per heavy atom. The quantitative estimate of drug-likeness (QED) is 0.922. The van der Waals surface area contributed by atoms with Gasteiger partial charge in [-0.2, -0.15) is 13.2 Å². The Hall–Kier alpha value is -1.82. The van der Waals surface area contributed by atoms with Crippen molar-refractivity contribution in [3.8, 4) is 5.69 Å². The molecule has 0 unspecified atom stereocenters. The van der Waals surface area contributed by atoms with Crippen molar-refractivity contribution in [3.63, 3.8) is 0 Å². The molecule has 1 aromatic carbocycles. The molecule has 1 N–H and O–H groups in total. The first kappa shape index (κ1) is 14.1. The first-order valence-corrected chi connectivity index (χ1v) is 6.98. The first-order chi connectivity index (χ1) is 10.0. The van der Waals surface area contributed by atoms with Gasteiger partial charge in [0.05, 0.1) is 11.3 Å². The summed E-state index contributed by atoms with van der Waals surface area (Å²) in [5.41, 5.74) is 2.22. The molecule has 0 saturated carbocycles. The number of hydrogen-bond acceptors (Lipinski definition) is 2. The lowest BCUT2D eigenvalue weighted by Crippen LogP contribution is -2.24. The molecular weight excluding hydrogens is 279 g/mol. The van der Waals surface area contributed by atoms with Crippen LogP contribution in [0.4, 0.5) is 13.2 Å². The highest BCUT2D eigenvalue weighted by atomic mass is 19.4. The van der Waals surface area contributed by atoms with E-state index in [4.69, 9.17) is 0 Å². The van der Waals surface area contributed by atoms with Crippen molar-refractivity contribution in [1.82, 2.24) is 14.9 Å². The number of hydrogen-bond donors (Lipinski definition) is 1. The summed E-state index contributed by atoms with van der Waals surface area (Å²) in [4.78, 5) is 4.60. The number of nitrogens with one attached hydrogen (secondary N) is 1. The summed E-state index contributed by atoms with van der Waals surface area (Å²) in [5, 5.41) is 3.26. The van der Waals surface area contributed by atoms with Crippen LogP contribution < -0.4 is 5.32 Å².